The fourth-order valence-corrected chi connectivity index (χ4v) is 4.48. The molecule has 7 nitrogen and oxygen atoms in total. The summed E-state index contributed by atoms with van der Waals surface area (Å²) in [6.45, 7) is 1.31. The topological polar surface area (TPSA) is 63.2 Å². The number of carbonyl (C=O) groups is 1. The molecular formula is C22H24NO6+. The van der Waals surface area contributed by atoms with Crippen LogP contribution in [0.2, 0.25) is 0 Å². The van der Waals surface area contributed by atoms with Crippen molar-refractivity contribution < 1.29 is 33.0 Å². The zero-order valence-corrected chi connectivity index (χ0v) is 16.8. The van der Waals surface area contributed by atoms with Crippen molar-refractivity contribution in [1.82, 2.24) is 0 Å². The second-order valence-electron chi connectivity index (χ2n) is 8.18. The zero-order chi connectivity index (χ0) is 20.2. The molecule has 3 aliphatic rings. The molecule has 152 valence electrons. The van der Waals surface area contributed by atoms with E-state index in [4.69, 9.17) is 23.7 Å². The maximum atomic E-state index is 13.2. The van der Waals surface area contributed by atoms with Gasteiger partial charge in [-0.15, -0.1) is 0 Å². The molecule has 0 aromatic heterocycles. The van der Waals surface area contributed by atoms with Gasteiger partial charge in [0.15, 0.2) is 28.8 Å². The van der Waals surface area contributed by atoms with E-state index in [1.165, 1.54) is 0 Å². The van der Waals surface area contributed by atoms with Crippen LogP contribution in [0.5, 0.6) is 28.7 Å². The average Bonchev–Trinajstić information content (AvgIpc) is 3.36. The number of hydrogen-bond donors (Lipinski definition) is 0. The number of likely N-dealkylation sites (N-methyl/N-ethyl adjacent to an activating group) is 1. The van der Waals surface area contributed by atoms with Gasteiger partial charge in [0.25, 0.3) is 0 Å². The van der Waals surface area contributed by atoms with Gasteiger partial charge in [-0.25, -0.2) is 0 Å². The molecule has 0 fully saturated rings. The molecule has 0 aliphatic carbocycles. The molecule has 29 heavy (non-hydrogen) atoms. The highest BCUT2D eigenvalue weighted by molar-refractivity contribution is 5.97. The number of carbonyl (C=O) groups excluding carboxylic acids is 1. The lowest BCUT2D eigenvalue weighted by atomic mass is 9.86. The summed E-state index contributed by atoms with van der Waals surface area (Å²) in [7, 11) is 5.96. The third-order valence-corrected chi connectivity index (χ3v) is 6.16. The lowest BCUT2D eigenvalue weighted by Crippen LogP contribution is -2.48. The second-order valence-corrected chi connectivity index (χ2v) is 8.18. The molecule has 5 rings (SSSR count). The van der Waals surface area contributed by atoms with E-state index in [-0.39, 0.29) is 25.4 Å². The third-order valence-electron chi connectivity index (χ3n) is 6.16. The molecule has 1 atom stereocenters. The molecule has 0 N–H and O–H groups in total. The van der Waals surface area contributed by atoms with Crippen molar-refractivity contribution in [2.75, 3.05) is 41.3 Å². The average molecular weight is 398 g/mol. The van der Waals surface area contributed by atoms with E-state index in [0.29, 0.717) is 45.2 Å². The van der Waals surface area contributed by atoms with E-state index in [9.17, 15) is 4.79 Å². The van der Waals surface area contributed by atoms with Crippen molar-refractivity contribution in [3.63, 3.8) is 0 Å². The first kappa shape index (κ1) is 18.1. The molecule has 3 heterocycles. The van der Waals surface area contributed by atoms with Gasteiger partial charge in [-0.2, -0.15) is 0 Å². The summed E-state index contributed by atoms with van der Waals surface area (Å²) < 4.78 is 28.5. The van der Waals surface area contributed by atoms with Gasteiger partial charge in [-0.05, 0) is 29.8 Å². The number of quaternary nitrogens is 1. The van der Waals surface area contributed by atoms with Gasteiger partial charge >= 0.3 is 0 Å². The van der Waals surface area contributed by atoms with E-state index >= 15 is 0 Å². The van der Waals surface area contributed by atoms with Crippen LogP contribution in [0, 0.1) is 0 Å². The smallest absolute Gasteiger partial charge is 0.231 e. The Morgan fingerprint density at radius 3 is 2.66 bits per heavy atom. The molecule has 7 heteroatoms. The van der Waals surface area contributed by atoms with E-state index in [1.807, 2.05) is 6.07 Å². The SMILES string of the molecule is COc1c2c(cc3c1[C@@H](CC(=O)c1ccc4c(c1)OCO4)[N+](C)(C)CC3)OCO2. The van der Waals surface area contributed by atoms with Gasteiger partial charge in [0.1, 0.15) is 6.04 Å². The van der Waals surface area contributed by atoms with E-state index in [2.05, 4.69) is 14.1 Å². The van der Waals surface area contributed by atoms with Crippen LogP contribution < -0.4 is 23.7 Å². The lowest BCUT2D eigenvalue weighted by molar-refractivity contribution is -0.922. The molecule has 2 aromatic rings. The summed E-state index contributed by atoms with van der Waals surface area (Å²) in [5.41, 5.74) is 2.83. The Balaban J connectivity index is 1.54. The van der Waals surface area contributed by atoms with Crippen LogP contribution in [-0.2, 0) is 6.42 Å². The van der Waals surface area contributed by atoms with Gasteiger partial charge in [-0.3, -0.25) is 4.79 Å². The number of fused-ring (bicyclic) bond motifs is 3. The Bertz CT molecular complexity index is 999. The Kier molecular flexibility index (Phi) is 4.10. The molecule has 3 aliphatic heterocycles. The molecular weight excluding hydrogens is 374 g/mol. The highest BCUT2D eigenvalue weighted by atomic mass is 16.7. The number of methoxy groups -OCH3 is 1. The molecule has 0 radical (unpaired) electrons. The highest BCUT2D eigenvalue weighted by Gasteiger charge is 2.42. The Morgan fingerprint density at radius 1 is 1.07 bits per heavy atom. The lowest BCUT2D eigenvalue weighted by Gasteiger charge is -2.43. The van der Waals surface area contributed by atoms with Crippen LogP contribution >= 0.6 is 0 Å². The van der Waals surface area contributed by atoms with Crippen molar-refractivity contribution >= 4 is 5.78 Å². The number of hydrogen-bond acceptors (Lipinski definition) is 6. The quantitative estimate of drug-likeness (QED) is 0.583. The minimum Gasteiger partial charge on any atom is -0.492 e. The molecule has 0 saturated carbocycles. The summed E-state index contributed by atoms with van der Waals surface area (Å²) in [5.74, 6) is 3.39. The summed E-state index contributed by atoms with van der Waals surface area (Å²) in [6, 6.07) is 7.35. The normalized spacial score (nSPS) is 20.3. The summed E-state index contributed by atoms with van der Waals surface area (Å²) >= 11 is 0. The largest absolute Gasteiger partial charge is 0.492 e. The van der Waals surface area contributed by atoms with Gasteiger partial charge in [0, 0.05) is 12.0 Å². The second kappa shape index (κ2) is 6.56. The molecule has 2 aromatic carbocycles. The number of rotatable bonds is 4. The summed E-state index contributed by atoms with van der Waals surface area (Å²) in [6.07, 6.45) is 1.25. The van der Waals surface area contributed by atoms with Crippen molar-refractivity contribution in [1.29, 1.82) is 0 Å². The number of Topliss-reactive ketones (excluding diaryl/α,β-unsaturated/α-hetero) is 1. The van der Waals surface area contributed by atoms with Crippen LogP contribution in [0.25, 0.3) is 0 Å². The van der Waals surface area contributed by atoms with E-state index in [0.717, 1.165) is 24.1 Å². The monoisotopic (exact) mass is 398 g/mol. The van der Waals surface area contributed by atoms with Crippen molar-refractivity contribution in [2.24, 2.45) is 0 Å². The minimum atomic E-state index is -0.0545. The molecule has 0 saturated heterocycles. The molecule has 0 bridgehead atoms. The van der Waals surface area contributed by atoms with E-state index in [1.54, 1.807) is 25.3 Å². The maximum Gasteiger partial charge on any atom is 0.231 e. The molecule has 0 unspecified atom stereocenters. The number of benzene rings is 2. The predicted molar refractivity (Wildman–Crippen MR) is 104 cm³/mol. The number of ether oxygens (including phenoxy) is 5. The fraction of sp³-hybridized carbons (Fsp3) is 0.409. The third kappa shape index (κ3) is 2.88. The van der Waals surface area contributed by atoms with Crippen LogP contribution in [0.15, 0.2) is 24.3 Å². The first-order chi connectivity index (χ1) is 14.0. The Hall–Kier alpha value is -2.93. The van der Waals surface area contributed by atoms with E-state index < -0.39 is 0 Å². The minimum absolute atomic E-state index is 0.0545. The summed E-state index contributed by atoms with van der Waals surface area (Å²) in [5, 5.41) is 0. The van der Waals surface area contributed by atoms with Crippen LogP contribution in [0.4, 0.5) is 0 Å². The van der Waals surface area contributed by atoms with Crippen LogP contribution in [-0.4, -0.2) is 51.6 Å². The first-order valence-corrected chi connectivity index (χ1v) is 9.73. The zero-order valence-electron chi connectivity index (χ0n) is 16.8. The van der Waals surface area contributed by atoms with Crippen molar-refractivity contribution in [3.05, 3.63) is 41.0 Å². The Morgan fingerprint density at radius 2 is 1.83 bits per heavy atom. The number of ketones is 1. The fourth-order valence-electron chi connectivity index (χ4n) is 4.48. The van der Waals surface area contributed by atoms with Crippen LogP contribution in [0.1, 0.15) is 33.9 Å². The predicted octanol–water partition coefficient (Wildman–Crippen LogP) is 3.10. The standard InChI is InChI=1S/C22H24NO6/c1-23(2)7-6-14-9-19-21(29-12-28-19)22(25-3)20(14)15(23)10-16(24)13-4-5-17-18(8-13)27-11-26-17/h4-5,8-9,15H,6-7,10-12H2,1-3H3/q+1/t15-/m1/s1. The Labute approximate surface area is 169 Å². The van der Waals surface area contributed by atoms with Crippen molar-refractivity contribution in [3.8, 4) is 28.7 Å². The summed E-state index contributed by atoms with van der Waals surface area (Å²) in [4.78, 5) is 13.2. The van der Waals surface area contributed by atoms with Gasteiger partial charge < -0.3 is 28.2 Å². The first-order valence-electron chi connectivity index (χ1n) is 9.73. The van der Waals surface area contributed by atoms with Crippen molar-refractivity contribution in [2.45, 2.75) is 18.9 Å². The maximum absolute atomic E-state index is 13.2. The number of nitrogens with zero attached hydrogens (tertiary/aromatic N) is 1. The van der Waals surface area contributed by atoms with Gasteiger partial charge in [-0.1, -0.05) is 0 Å². The van der Waals surface area contributed by atoms with Gasteiger partial charge in [0.2, 0.25) is 19.3 Å². The molecule has 0 amide bonds. The van der Waals surface area contributed by atoms with Crippen LogP contribution in [0.3, 0.4) is 0 Å². The highest BCUT2D eigenvalue weighted by Crippen LogP contribution is 2.51. The van der Waals surface area contributed by atoms with Gasteiger partial charge in [0.05, 0.1) is 39.7 Å². The molecule has 0 spiro atoms.